The Morgan fingerprint density at radius 2 is 1.57 bits per heavy atom. The Morgan fingerprint density at radius 3 is 2.21 bits per heavy atom. The summed E-state index contributed by atoms with van der Waals surface area (Å²) in [6.07, 6.45) is 0.428. The van der Waals surface area contributed by atoms with Gasteiger partial charge in [0.25, 0.3) is 11.8 Å². The van der Waals surface area contributed by atoms with E-state index < -0.39 is 11.8 Å². The molecule has 148 valence electrons. The lowest BCUT2D eigenvalue weighted by Crippen LogP contribution is -2.41. The molecule has 0 bridgehead atoms. The van der Waals surface area contributed by atoms with Crippen LogP contribution >= 0.6 is 0 Å². The predicted octanol–water partition coefficient (Wildman–Crippen LogP) is 3.14. The molecule has 2 aromatic rings. The van der Waals surface area contributed by atoms with Gasteiger partial charge in [-0.1, -0.05) is 26.0 Å². The fourth-order valence-electron chi connectivity index (χ4n) is 2.48. The molecule has 0 atom stereocenters. The van der Waals surface area contributed by atoms with Gasteiger partial charge >= 0.3 is 0 Å². The van der Waals surface area contributed by atoms with E-state index in [4.69, 9.17) is 4.74 Å². The molecule has 0 saturated heterocycles. The number of carbonyl (C=O) groups is 3. The fraction of sp³-hybridized carbons (Fsp3) is 0.286. The van der Waals surface area contributed by atoms with Gasteiger partial charge in [0.1, 0.15) is 5.75 Å². The van der Waals surface area contributed by atoms with Gasteiger partial charge in [0.2, 0.25) is 5.91 Å². The zero-order valence-electron chi connectivity index (χ0n) is 16.2. The maximum Gasteiger partial charge on any atom is 0.273 e. The monoisotopic (exact) mass is 383 g/mol. The van der Waals surface area contributed by atoms with E-state index in [-0.39, 0.29) is 11.8 Å². The van der Waals surface area contributed by atoms with Crippen molar-refractivity contribution in [2.75, 3.05) is 11.9 Å². The summed E-state index contributed by atoms with van der Waals surface area (Å²) in [4.78, 5) is 36.3. The molecule has 3 N–H and O–H groups in total. The zero-order chi connectivity index (χ0) is 20.5. The van der Waals surface area contributed by atoms with E-state index >= 15 is 0 Å². The average Bonchev–Trinajstić information content (AvgIpc) is 2.66. The molecule has 0 unspecified atom stereocenters. The van der Waals surface area contributed by atoms with Crippen molar-refractivity contribution in [3.05, 3.63) is 59.7 Å². The highest BCUT2D eigenvalue weighted by Crippen LogP contribution is 2.17. The van der Waals surface area contributed by atoms with Crippen molar-refractivity contribution in [2.24, 2.45) is 5.92 Å². The minimum atomic E-state index is -0.477. The summed E-state index contributed by atoms with van der Waals surface area (Å²) in [6.45, 7) is 6.18. The highest BCUT2D eigenvalue weighted by molar-refractivity contribution is 6.00. The fourth-order valence-corrected chi connectivity index (χ4v) is 2.48. The van der Waals surface area contributed by atoms with Crippen LogP contribution in [0.5, 0.6) is 5.75 Å². The van der Waals surface area contributed by atoms with E-state index in [2.05, 4.69) is 16.2 Å². The molecule has 0 aliphatic rings. The Kier molecular flexibility index (Phi) is 7.56. The highest BCUT2D eigenvalue weighted by Gasteiger charge is 2.13. The van der Waals surface area contributed by atoms with Crippen LogP contribution in [0.2, 0.25) is 0 Å². The average molecular weight is 383 g/mol. The Bertz CT molecular complexity index is 832. The minimum Gasteiger partial charge on any atom is -0.493 e. The van der Waals surface area contributed by atoms with Crippen molar-refractivity contribution in [2.45, 2.75) is 27.2 Å². The number of ether oxygens (including phenoxy) is 1. The molecule has 2 aromatic carbocycles. The molecule has 0 heterocycles. The number of rotatable bonds is 7. The van der Waals surface area contributed by atoms with Gasteiger partial charge in [0.05, 0.1) is 12.2 Å². The van der Waals surface area contributed by atoms with E-state index in [1.54, 1.807) is 48.5 Å². The molecule has 7 heteroatoms. The van der Waals surface area contributed by atoms with Gasteiger partial charge < -0.3 is 10.1 Å². The van der Waals surface area contributed by atoms with Crippen LogP contribution in [0.4, 0.5) is 5.69 Å². The molecule has 0 aliphatic carbocycles. The predicted molar refractivity (Wildman–Crippen MR) is 107 cm³/mol. The van der Waals surface area contributed by atoms with Gasteiger partial charge in [-0.15, -0.1) is 0 Å². The summed E-state index contributed by atoms with van der Waals surface area (Å²) in [5.74, 6) is -0.315. The molecule has 0 spiro atoms. The summed E-state index contributed by atoms with van der Waals surface area (Å²) in [5, 5.41) is 2.78. The Balaban J connectivity index is 1.93. The van der Waals surface area contributed by atoms with Crippen LogP contribution in [0, 0.1) is 5.92 Å². The maximum atomic E-state index is 12.3. The van der Waals surface area contributed by atoms with Crippen LogP contribution in [0.3, 0.4) is 0 Å². The van der Waals surface area contributed by atoms with Crippen molar-refractivity contribution >= 4 is 23.4 Å². The van der Waals surface area contributed by atoms with E-state index in [1.807, 2.05) is 20.8 Å². The molecular formula is C21H25N3O4. The number of carbonyl (C=O) groups excluding carboxylic acids is 3. The first-order valence-corrected chi connectivity index (χ1v) is 9.13. The van der Waals surface area contributed by atoms with E-state index in [0.29, 0.717) is 35.6 Å². The summed E-state index contributed by atoms with van der Waals surface area (Å²) in [7, 11) is 0. The summed E-state index contributed by atoms with van der Waals surface area (Å²) in [5.41, 5.74) is 6.03. The van der Waals surface area contributed by atoms with Gasteiger partial charge in [-0.2, -0.15) is 0 Å². The molecule has 3 amide bonds. The van der Waals surface area contributed by atoms with Crippen molar-refractivity contribution in [3.8, 4) is 5.75 Å². The van der Waals surface area contributed by atoms with Crippen LogP contribution in [-0.4, -0.2) is 24.3 Å². The first-order chi connectivity index (χ1) is 13.4. The topological polar surface area (TPSA) is 96.5 Å². The SMILES string of the molecule is CCOc1ccccc1C(=O)NNC(=O)c1ccc(NC(=O)CC(C)C)cc1. The number of para-hydroxylation sites is 1. The number of hydrazine groups is 1. The van der Waals surface area contributed by atoms with Crippen molar-refractivity contribution in [3.63, 3.8) is 0 Å². The van der Waals surface area contributed by atoms with E-state index in [0.717, 1.165) is 0 Å². The second-order valence-corrected chi connectivity index (χ2v) is 6.56. The molecule has 0 radical (unpaired) electrons. The highest BCUT2D eigenvalue weighted by atomic mass is 16.5. The van der Waals surface area contributed by atoms with Gasteiger partial charge in [-0.05, 0) is 49.2 Å². The third kappa shape index (κ3) is 6.12. The lowest BCUT2D eigenvalue weighted by Gasteiger charge is -2.11. The third-order valence-electron chi connectivity index (χ3n) is 3.75. The Morgan fingerprint density at radius 1 is 0.929 bits per heavy atom. The first-order valence-electron chi connectivity index (χ1n) is 9.13. The number of hydrogen-bond acceptors (Lipinski definition) is 4. The number of hydrogen-bond donors (Lipinski definition) is 3. The van der Waals surface area contributed by atoms with Crippen LogP contribution in [0.25, 0.3) is 0 Å². The summed E-state index contributed by atoms with van der Waals surface area (Å²) >= 11 is 0. The molecule has 0 fully saturated rings. The Labute approximate surface area is 164 Å². The Hall–Kier alpha value is -3.35. The van der Waals surface area contributed by atoms with E-state index in [9.17, 15) is 14.4 Å². The first kappa shape index (κ1) is 21.0. The van der Waals surface area contributed by atoms with Crippen LogP contribution < -0.4 is 20.9 Å². The van der Waals surface area contributed by atoms with Gasteiger partial charge in [0.15, 0.2) is 0 Å². The van der Waals surface area contributed by atoms with Crippen molar-refractivity contribution in [1.82, 2.24) is 10.9 Å². The zero-order valence-corrected chi connectivity index (χ0v) is 16.2. The molecule has 0 aliphatic heterocycles. The second kappa shape index (κ2) is 10.1. The number of anilines is 1. The molecule has 2 rings (SSSR count). The quantitative estimate of drug-likeness (QED) is 0.640. The van der Waals surface area contributed by atoms with Crippen molar-refractivity contribution < 1.29 is 19.1 Å². The molecule has 0 aromatic heterocycles. The lowest BCUT2D eigenvalue weighted by molar-refractivity contribution is -0.116. The second-order valence-electron chi connectivity index (χ2n) is 6.56. The van der Waals surface area contributed by atoms with Gasteiger partial charge in [0, 0.05) is 17.7 Å². The standard InChI is InChI=1S/C21H25N3O4/c1-4-28-18-8-6-5-7-17(18)21(27)24-23-20(26)15-9-11-16(12-10-15)22-19(25)13-14(2)3/h5-12,14H,4,13H2,1-3H3,(H,22,25)(H,23,26)(H,24,27). The normalized spacial score (nSPS) is 10.3. The van der Waals surface area contributed by atoms with Crippen molar-refractivity contribution in [1.29, 1.82) is 0 Å². The third-order valence-corrected chi connectivity index (χ3v) is 3.75. The molecular weight excluding hydrogens is 358 g/mol. The van der Waals surface area contributed by atoms with Gasteiger partial charge in [-0.25, -0.2) is 0 Å². The number of nitrogens with one attached hydrogen (secondary N) is 3. The minimum absolute atomic E-state index is 0.0765. The van der Waals surface area contributed by atoms with E-state index in [1.165, 1.54) is 0 Å². The molecule has 0 saturated carbocycles. The van der Waals surface area contributed by atoms with Crippen LogP contribution in [-0.2, 0) is 4.79 Å². The number of benzene rings is 2. The smallest absolute Gasteiger partial charge is 0.273 e. The van der Waals surface area contributed by atoms with Gasteiger partial charge in [-0.3, -0.25) is 25.2 Å². The maximum absolute atomic E-state index is 12.3. The lowest BCUT2D eigenvalue weighted by atomic mass is 10.1. The molecule has 28 heavy (non-hydrogen) atoms. The number of amides is 3. The van der Waals surface area contributed by atoms with Crippen LogP contribution in [0.15, 0.2) is 48.5 Å². The molecule has 7 nitrogen and oxygen atoms in total. The summed E-state index contributed by atoms with van der Waals surface area (Å²) < 4.78 is 5.41. The largest absolute Gasteiger partial charge is 0.493 e. The summed E-state index contributed by atoms with van der Waals surface area (Å²) in [6, 6.07) is 13.2. The van der Waals surface area contributed by atoms with Crippen LogP contribution in [0.1, 0.15) is 47.9 Å².